The first-order valence-corrected chi connectivity index (χ1v) is 5.73. The van der Waals surface area contributed by atoms with Crippen LogP contribution in [0.15, 0.2) is 30.4 Å². The van der Waals surface area contributed by atoms with E-state index in [9.17, 15) is 4.79 Å². The molecule has 0 bridgehead atoms. The number of hydrogen-bond acceptors (Lipinski definition) is 3. The first-order chi connectivity index (χ1) is 8.24. The molecule has 1 atom stereocenters. The molecule has 90 valence electrons. The zero-order valence-electron chi connectivity index (χ0n) is 10.1. The summed E-state index contributed by atoms with van der Waals surface area (Å²) in [5.74, 6) is 1.49. The van der Waals surface area contributed by atoms with E-state index in [-0.39, 0.29) is 11.9 Å². The van der Waals surface area contributed by atoms with Gasteiger partial charge in [0.25, 0.3) is 0 Å². The normalized spacial score (nSPS) is 18.9. The molecule has 1 aliphatic rings. The van der Waals surface area contributed by atoms with Crippen LogP contribution >= 0.6 is 0 Å². The highest BCUT2D eigenvalue weighted by atomic mass is 16.5. The van der Waals surface area contributed by atoms with Crippen molar-refractivity contribution < 1.29 is 14.3 Å². The molecule has 17 heavy (non-hydrogen) atoms. The van der Waals surface area contributed by atoms with Gasteiger partial charge in [-0.15, -0.1) is 0 Å². The van der Waals surface area contributed by atoms with Gasteiger partial charge in [-0.05, 0) is 19.1 Å². The number of ketones is 1. The van der Waals surface area contributed by atoms with Crippen LogP contribution in [0.5, 0.6) is 11.5 Å². The molecule has 0 saturated heterocycles. The highest BCUT2D eigenvalue weighted by Crippen LogP contribution is 2.32. The first-order valence-electron chi connectivity index (χ1n) is 5.73. The highest BCUT2D eigenvalue weighted by Gasteiger charge is 2.25. The van der Waals surface area contributed by atoms with Crippen LogP contribution in [0.4, 0.5) is 0 Å². The van der Waals surface area contributed by atoms with Gasteiger partial charge in [0.15, 0.2) is 5.78 Å². The van der Waals surface area contributed by atoms with Gasteiger partial charge in [0.2, 0.25) is 0 Å². The van der Waals surface area contributed by atoms with E-state index in [1.54, 1.807) is 25.3 Å². The third-order valence-corrected chi connectivity index (χ3v) is 2.83. The summed E-state index contributed by atoms with van der Waals surface area (Å²) in [5, 5.41) is 0. The third kappa shape index (κ3) is 2.49. The van der Waals surface area contributed by atoms with Crippen molar-refractivity contribution in [2.45, 2.75) is 25.9 Å². The maximum atomic E-state index is 11.9. The van der Waals surface area contributed by atoms with Crippen LogP contribution in [0.25, 0.3) is 0 Å². The summed E-state index contributed by atoms with van der Waals surface area (Å²) in [6.07, 6.45) is 5.14. The van der Waals surface area contributed by atoms with Crippen molar-refractivity contribution in [3.63, 3.8) is 0 Å². The van der Waals surface area contributed by atoms with Crippen molar-refractivity contribution in [2.75, 3.05) is 7.11 Å². The van der Waals surface area contributed by atoms with Gasteiger partial charge in [-0.3, -0.25) is 4.79 Å². The molecule has 1 heterocycles. The fraction of sp³-hybridized carbons (Fsp3) is 0.357. The number of fused-ring (bicyclic) bond motifs is 1. The van der Waals surface area contributed by atoms with Crippen LogP contribution in [0.1, 0.15) is 30.1 Å². The molecule has 0 spiro atoms. The summed E-state index contributed by atoms with van der Waals surface area (Å²) < 4.78 is 10.9. The van der Waals surface area contributed by atoms with Gasteiger partial charge in [-0.2, -0.15) is 0 Å². The van der Waals surface area contributed by atoms with Crippen molar-refractivity contribution in [1.82, 2.24) is 0 Å². The summed E-state index contributed by atoms with van der Waals surface area (Å²) in [5.41, 5.74) is 0.655. The number of hydrogen-bond donors (Lipinski definition) is 0. The van der Waals surface area contributed by atoms with Gasteiger partial charge in [-0.1, -0.05) is 12.2 Å². The molecular formula is C14H16O3. The lowest BCUT2D eigenvalue weighted by Gasteiger charge is -2.24. The van der Waals surface area contributed by atoms with E-state index in [0.29, 0.717) is 23.5 Å². The van der Waals surface area contributed by atoms with E-state index >= 15 is 0 Å². The molecule has 1 aromatic carbocycles. The number of allylic oxidation sites excluding steroid dienone is 1. The van der Waals surface area contributed by atoms with Crippen molar-refractivity contribution in [3.05, 3.63) is 35.9 Å². The molecular weight excluding hydrogens is 216 g/mol. The van der Waals surface area contributed by atoms with Crippen LogP contribution in [0.3, 0.4) is 0 Å². The number of carbonyl (C=O) groups is 1. The molecule has 3 nitrogen and oxygen atoms in total. The maximum Gasteiger partial charge on any atom is 0.170 e. The summed E-state index contributed by atoms with van der Waals surface area (Å²) in [4.78, 5) is 11.9. The number of benzene rings is 1. The van der Waals surface area contributed by atoms with E-state index in [1.165, 1.54) is 0 Å². The molecule has 0 fully saturated rings. The Morgan fingerprint density at radius 2 is 2.35 bits per heavy atom. The largest absolute Gasteiger partial charge is 0.497 e. The molecule has 0 amide bonds. The molecule has 0 unspecified atom stereocenters. The minimum Gasteiger partial charge on any atom is -0.497 e. The van der Waals surface area contributed by atoms with Crippen molar-refractivity contribution in [1.29, 1.82) is 0 Å². The lowest BCUT2D eigenvalue weighted by Crippen LogP contribution is -2.26. The smallest absolute Gasteiger partial charge is 0.170 e. The zero-order chi connectivity index (χ0) is 12.3. The quantitative estimate of drug-likeness (QED) is 0.751. The lowest BCUT2D eigenvalue weighted by atomic mass is 9.99. The predicted octanol–water partition coefficient (Wildman–Crippen LogP) is 3.00. The maximum absolute atomic E-state index is 11.9. The van der Waals surface area contributed by atoms with E-state index in [0.717, 1.165) is 6.42 Å². The zero-order valence-corrected chi connectivity index (χ0v) is 10.1. The van der Waals surface area contributed by atoms with Crippen molar-refractivity contribution in [2.24, 2.45) is 0 Å². The fourth-order valence-corrected chi connectivity index (χ4v) is 1.91. The summed E-state index contributed by atoms with van der Waals surface area (Å²) in [6, 6.07) is 5.32. The Balaban J connectivity index is 2.24. The number of Topliss-reactive ketones (excluding diaryl/α,β-unsaturated/α-hetero) is 1. The van der Waals surface area contributed by atoms with Crippen molar-refractivity contribution >= 4 is 5.78 Å². The van der Waals surface area contributed by atoms with E-state index in [4.69, 9.17) is 9.47 Å². The molecule has 1 aromatic rings. The lowest BCUT2D eigenvalue weighted by molar-refractivity contribution is 0.0853. The molecule has 3 heteroatoms. The number of ether oxygens (including phenoxy) is 2. The second-order valence-electron chi connectivity index (χ2n) is 4.03. The molecule has 1 aliphatic heterocycles. The Morgan fingerprint density at radius 1 is 1.53 bits per heavy atom. The summed E-state index contributed by atoms with van der Waals surface area (Å²) in [7, 11) is 1.60. The van der Waals surface area contributed by atoms with Crippen LogP contribution in [0.2, 0.25) is 0 Å². The van der Waals surface area contributed by atoms with Gasteiger partial charge in [0.1, 0.15) is 17.6 Å². The Hall–Kier alpha value is -1.77. The third-order valence-electron chi connectivity index (χ3n) is 2.83. The summed E-state index contributed by atoms with van der Waals surface area (Å²) in [6.45, 7) is 1.96. The highest BCUT2D eigenvalue weighted by molar-refractivity contribution is 6.00. The van der Waals surface area contributed by atoms with Crippen LogP contribution in [-0.2, 0) is 0 Å². The molecule has 0 N–H and O–H groups in total. The Morgan fingerprint density at radius 3 is 3.06 bits per heavy atom. The Bertz CT molecular complexity index is 449. The van der Waals surface area contributed by atoms with E-state index in [2.05, 4.69) is 0 Å². The molecule has 2 rings (SSSR count). The number of carbonyl (C=O) groups excluding carboxylic acids is 1. The van der Waals surface area contributed by atoms with Gasteiger partial charge >= 0.3 is 0 Å². The molecule has 0 saturated carbocycles. The first kappa shape index (κ1) is 11.7. The second-order valence-corrected chi connectivity index (χ2v) is 4.03. The topological polar surface area (TPSA) is 35.5 Å². The average Bonchev–Trinajstić information content (AvgIpc) is 2.35. The Kier molecular flexibility index (Phi) is 3.47. The predicted molar refractivity (Wildman–Crippen MR) is 65.8 cm³/mol. The van der Waals surface area contributed by atoms with Crippen molar-refractivity contribution in [3.8, 4) is 11.5 Å². The minimum atomic E-state index is -0.0571. The SMILES string of the molecule is CC=CC[C@H]1CC(=O)c2ccc(OC)cc2O1. The molecule has 0 aliphatic carbocycles. The fourth-order valence-electron chi connectivity index (χ4n) is 1.91. The second kappa shape index (κ2) is 5.04. The van der Waals surface area contributed by atoms with Gasteiger partial charge in [0.05, 0.1) is 12.7 Å². The molecule has 0 radical (unpaired) electrons. The monoisotopic (exact) mass is 232 g/mol. The standard InChI is InChI=1S/C14H16O3/c1-3-4-5-11-8-13(15)12-7-6-10(16-2)9-14(12)17-11/h3-4,6-7,9,11H,5,8H2,1-2H3/t11-/m0/s1. The van der Waals surface area contributed by atoms with Gasteiger partial charge < -0.3 is 9.47 Å². The number of rotatable bonds is 3. The van der Waals surface area contributed by atoms with E-state index < -0.39 is 0 Å². The van der Waals surface area contributed by atoms with Gasteiger partial charge in [0, 0.05) is 18.9 Å². The van der Waals surface area contributed by atoms with E-state index in [1.807, 2.05) is 19.1 Å². The summed E-state index contributed by atoms with van der Waals surface area (Å²) >= 11 is 0. The number of methoxy groups -OCH3 is 1. The van der Waals surface area contributed by atoms with Crippen LogP contribution in [0, 0.1) is 0 Å². The Labute approximate surface area is 101 Å². The van der Waals surface area contributed by atoms with Crippen LogP contribution in [-0.4, -0.2) is 19.0 Å². The van der Waals surface area contributed by atoms with Gasteiger partial charge in [-0.25, -0.2) is 0 Å². The van der Waals surface area contributed by atoms with Crippen LogP contribution < -0.4 is 9.47 Å². The molecule has 0 aromatic heterocycles. The average molecular weight is 232 g/mol. The minimum absolute atomic E-state index is 0.0571.